The van der Waals surface area contributed by atoms with E-state index in [0.717, 1.165) is 38.0 Å². The van der Waals surface area contributed by atoms with E-state index in [9.17, 15) is 9.59 Å². The zero-order valence-electron chi connectivity index (χ0n) is 15.3. The van der Waals surface area contributed by atoms with Crippen LogP contribution in [0.5, 0.6) is 0 Å². The molecule has 0 radical (unpaired) electrons. The first-order chi connectivity index (χ1) is 13.1. The molecule has 1 aromatic carbocycles. The Morgan fingerprint density at radius 2 is 1.85 bits per heavy atom. The molecule has 1 aliphatic carbocycles. The number of rotatable bonds is 5. The maximum Gasteiger partial charge on any atom is 0.257 e. The molecule has 7 heteroatoms. The molecule has 1 saturated heterocycles. The van der Waals surface area contributed by atoms with Gasteiger partial charge in [-0.25, -0.2) is 4.98 Å². The van der Waals surface area contributed by atoms with Gasteiger partial charge in [-0.15, -0.1) is 11.3 Å². The number of hydrogen-bond donors (Lipinski definition) is 3. The molecule has 6 nitrogen and oxygen atoms in total. The number of nitrogens with zero attached hydrogens (tertiary/aromatic N) is 1. The molecule has 2 aromatic rings. The summed E-state index contributed by atoms with van der Waals surface area (Å²) in [6.45, 7) is 4.15. The molecule has 4 rings (SSSR count). The zero-order chi connectivity index (χ0) is 18.8. The summed E-state index contributed by atoms with van der Waals surface area (Å²) in [6.07, 6.45) is 5.07. The van der Waals surface area contributed by atoms with Crippen molar-refractivity contribution in [3.8, 4) is 0 Å². The lowest BCUT2D eigenvalue weighted by Gasteiger charge is -2.20. The van der Waals surface area contributed by atoms with Crippen LogP contribution in [0.3, 0.4) is 0 Å². The third-order valence-corrected chi connectivity index (χ3v) is 6.42. The van der Waals surface area contributed by atoms with Crippen molar-refractivity contribution >= 4 is 34.0 Å². The number of amides is 2. The van der Waals surface area contributed by atoms with Crippen molar-refractivity contribution in [2.24, 2.45) is 11.8 Å². The predicted molar refractivity (Wildman–Crippen MR) is 107 cm³/mol. The van der Waals surface area contributed by atoms with Crippen LogP contribution in [-0.2, 0) is 4.79 Å². The highest BCUT2D eigenvalue weighted by molar-refractivity contribution is 7.15. The molecule has 1 aliphatic heterocycles. The Hall–Kier alpha value is -2.25. The van der Waals surface area contributed by atoms with E-state index in [1.54, 1.807) is 35.6 Å². The summed E-state index contributed by atoms with van der Waals surface area (Å²) in [5, 5.41) is 9.78. The average Bonchev–Trinajstić information content (AvgIpc) is 3.24. The number of carbonyl (C=O) groups is 2. The van der Waals surface area contributed by atoms with Crippen molar-refractivity contribution in [1.29, 1.82) is 0 Å². The van der Waals surface area contributed by atoms with Gasteiger partial charge in [-0.1, -0.05) is 6.92 Å². The fourth-order valence-electron chi connectivity index (χ4n) is 3.44. The van der Waals surface area contributed by atoms with E-state index in [4.69, 9.17) is 0 Å². The quantitative estimate of drug-likeness (QED) is 0.737. The highest BCUT2D eigenvalue weighted by Gasteiger charge is 2.39. The molecule has 2 atom stereocenters. The summed E-state index contributed by atoms with van der Waals surface area (Å²) >= 11 is 1.56. The van der Waals surface area contributed by atoms with Gasteiger partial charge in [-0.2, -0.15) is 0 Å². The number of aromatic nitrogens is 1. The second-order valence-electron chi connectivity index (χ2n) is 7.43. The summed E-state index contributed by atoms with van der Waals surface area (Å²) in [5.74, 6) is 1.02. The molecule has 2 heterocycles. The fourth-order valence-corrected chi connectivity index (χ4v) is 4.42. The standard InChI is InChI=1S/C20H24N4O2S/c1-12-10-16(12)19(26)23-15-4-2-14(3-5-15)18(25)24-20-22-11-17(27-20)13-6-8-21-9-7-13/h2-5,11-13,16,21H,6-10H2,1H3,(H,23,26)(H,22,24,25). The minimum absolute atomic E-state index is 0.0629. The van der Waals surface area contributed by atoms with E-state index in [0.29, 0.717) is 22.5 Å². The molecule has 3 N–H and O–H groups in total. The van der Waals surface area contributed by atoms with Gasteiger partial charge in [0.2, 0.25) is 5.91 Å². The Kier molecular flexibility index (Phi) is 5.22. The number of hydrogen-bond acceptors (Lipinski definition) is 5. The van der Waals surface area contributed by atoms with Crippen LogP contribution in [0.1, 0.15) is 47.3 Å². The van der Waals surface area contributed by atoms with Crippen molar-refractivity contribution in [3.63, 3.8) is 0 Å². The minimum Gasteiger partial charge on any atom is -0.326 e. The summed E-state index contributed by atoms with van der Waals surface area (Å²) < 4.78 is 0. The third-order valence-electron chi connectivity index (χ3n) is 5.35. The molecule has 2 fully saturated rings. The highest BCUT2D eigenvalue weighted by Crippen LogP contribution is 2.38. The van der Waals surface area contributed by atoms with Gasteiger partial charge in [0.1, 0.15) is 0 Å². The van der Waals surface area contributed by atoms with Crippen LogP contribution in [0.15, 0.2) is 30.5 Å². The first-order valence-corrected chi connectivity index (χ1v) is 10.3. The van der Waals surface area contributed by atoms with Gasteiger partial charge in [-0.3, -0.25) is 14.9 Å². The van der Waals surface area contributed by atoms with Crippen LogP contribution < -0.4 is 16.0 Å². The van der Waals surface area contributed by atoms with Crippen LogP contribution >= 0.6 is 11.3 Å². The normalized spacial score (nSPS) is 22.3. The zero-order valence-corrected chi connectivity index (χ0v) is 16.1. The maximum atomic E-state index is 12.5. The number of benzene rings is 1. The predicted octanol–water partition coefficient (Wildman–Crippen LogP) is 3.46. The van der Waals surface area contributed by atoms with Crippen molar-refractivity contribution < 1.29 is 9.59 Å². The van der Waals surface area contributed by atoms with Gasteiger partial charge in [0.15, 0.2) is 5.13 Å². The second-order valence-corrected chi connectivity index (χ2v) is 8.49. The van der Waals surface area contributed by atoms with Gasteiger partial charge >= 0.3 is 0 Å². The first-order valence-electron chi connectivity index (χ1n) is 9.49. The summed E-state index contributed by atoms with van der Waals surface area (Å²) in [7, 11) is 0. The van der Waals surface area contributed by atoms with Gasteiger partial charge in [0, 0.05) is 28.2 Å². The lowest BCUT2D eigenvalue weighted by atomic mass is 9.97. The van der Waals surface area contributed by atoms with E-state index in [2.05, 4.69) is 27.9 Å². The Morgan fingerprint density at radius 1 is 1.15 bits per heavy atom. The molecule has 2 aliphatic rings. The van der Waals surface area contributed by atoms with Crippen LogP contribution in [-0.4, -0.2) is 29.9 Å². The monoisotopic (exact) mass is 384 g/mol. The van der Waals surface area contributed by atoms with Gasteiger partial charge in [0.25, 0.3) is 5.91 Å². The van der Waals surface area contributed by atoms with Crippen LogP contribution in [0.25, 0.3) is 0 Å². The smallest absolute Gasteiger partial charge is 0.257 e. The summed E-state index contributed by atoms with van der Waals surface area (Å²) in [6, 6.07) is 6.98. The molecule has 1 saturated carbocycles. The highest BCUT2D eigenvalue weighted by atomic mass is 32.1. The van der Waals surface area contributed by atoms with Crippen LogP contribution in [0, 0.1) is 11.8 Å². The van der Waals surface area contributed by atoms with E-state index in [1.807, 2.05) is 6.20 Å². The molecule has 1 aromatic heterocycles. The number of nitrogens with one attached hydrogen (secondary N) is 3. The molecule has 2 unspecified atom stereocenters. The molecule has 142 valence electrons. The molecular formula is C20H24N4O2S. The summed E-state index contributed by atoms with van der Waals surface area (Å²) in [4.78, 5) is 30.0. The summed E-state index contributed by atoms with van der Waals surface area (Å²) in [5.41, 5.74) is 1.27. The Balaban J connectivity index is 1.34. The first kappa shape index (κ1) is 18.1. The molecular weight excluding hydrogens is 360 g/mol. The number of piperidine rings is 1. The topological polar surface area (TPSA) is 83.1 Å². The molecule has 27 heavy (non-hydrogen) atoms. The van der Waals surface area contributed by atoms with Gasteiger partial charge in [0.05, 0.1) is 0 Å². The van der Waals surface area contributed by atoms with Gasteiger partial charge < -0.3 is 10.6 Å². The Labute approximate surface area is 162 Å². The van der Waals surface area contributed by atoms with Crippen molar-refractivity contribution in [3.05, 3.63) is 40.9 Å². The number of carbonyl (C=O) groups excluding carboxylic acids is 2. The second kappa shape index (κ2) is 7.78. The van der Waals surface area contributed by atoms with Crippen LogP contribution in [0.2, 0.25) is 0 Å². The lowest BCUT2D eigenvalue weighted by molar-refractivity contribution is -0.117. The Bertz CT molecular complexity index is 827. The van der Waals surface area contributed by atoms with Crippen molar-refractivity contribution in [2.75, 3.05) is 23.7 Å². The Morgan fingerprint density at radius 3 is 2.52 bits per heavy atom. The SMILES string of the molecule is CC1CC1C(=O)Nc1ccc(C(=O)Nc2ncc(C3CCNCC3)s2)cc1. The van der Waals surface area contributed by atoms with Crippen molar-refractivity contribution in [1.82, 2.24) is 10.3 Å². The van der Waals surface area contributed by atoms with E-state index >= 15 is 0 Å². The average molecular weight is 385 g/mol. The van der Waals surface area contributed by atoms with E-state index in [1.165, 1.54) is 4.88 Å². The number of anilines is 2. The molecule has 0 spiro atoms. The number of thiazole rings is 1. The maximum absolute atomic E-state index is 12.5. The van der Waals surface area contributed by atoms with Crippen molar-refractivity contribution in [2.45, 2.75) is 32.1 Å². The molecule has 2 amide bonds. The van der Waals surface area contributed by atoms with E-state index < -0.39 is 0 Å². The van der Waals surface area contributed by atoms with Crippen LogP contribution in [0.4, 0.5) is 10.8 Å². The third kappa shape index (κ3) is 4.36. The minimum atomic E-state index is -0.185. The van der Waals surface area contributed by atoms with Gasteiger partial charge in [-0.05, 0) is 68.5 Å². The van der Waals surface area contributed by atoms with E-state index in [-0.39, 0.29) is 17.7 Å². The largest absolute Gasteiger partial charge is 0.326 e. The fraction of sp³-hybridized carbons (Fsp3) is 0.450. The lowest BCUT2D eigenvalue weighted by Crippen LogP contribution is -2.26. The molecule has 0 bridgehead atoms.